The zero-order valence-electron chi connectivity index (χ0n) is 15.0. The van der Waals surface area contributed by atoms with E-state index in [-0.39, 0.29) is 11.6 Å². The number of carbonyl (C=O) groups is 1. The number of furan rings is 1. The number of hydrogen-bond donors (Lipinski definition) is 1. The Kier molecular flexibility index (Phi) is 5.76. The Balaban J connectivity index is 1.58. The van der Waals surface area contributed by atoms with Gasteiger partial charge in [-0.2, -0.15) is 0 Å². The zero-order chi connectivity index (χ0) is 21.3. The Morgan fingerprint density at radius 1 is 1.20 bits per heavy atom. The van der Waals surface area contributed by atoms with E-state index < -0.39 is 4.92 Å². The fourth-order valence-electron chi connectivity index (χ4n) is 2.66. The molecule has 0 spiro atoms. The number of halogens is 2. The molecule has 1 aromatic heterocycles. The molecule has 0 radical (unpaired) electrons. The molecule has 3 aromatic rings. The minimum absolute atomic E-state index is 0.0927. The van der Waals surface area contributed by atoms with Gasteiger partial charge >= 0.3 is 0 Å². The summed E-state index contributed by atoms with van der Waals surface area (Å²) in [5.74, 6) is 0.482. The topological polar surface area (TPSA) is 97.7 Å². The number of nitro groups is 1. The van der Waals surface area contributed by atoms with Crippen LogP contribution in [0.25, 0.3) is 17.4 Å². The van der Waals surface area contributed by atoms with Crippen molar-refractivity contribution < 1.29 is 14.1 Å². The second-order valence-electron chi connectivity index (χ2n) is 6.08. The molecule has 1 N–H and O–H groups in total. The molecule has 1 aliphatic rings. The molecule has 0 aliphatic carbocycles. The van der Waals surface area contributed by atoms with Crippen molar-refractivity contribution >= 4 is 67.8 Å². The number of nitrogens with zero attached hydrogens (tertiary/aromatic N) is 2. The smallest absolute Gasteiger partial charge is 0.270 e. The van der Waals surface area contributed by atoms with Crippen molar-refractivity contribution in [1.82, 2.24) is 5.32 Å². The van der Waals surface area contributed by atoms with E-state index in [1.807, 2.05) is 24.3 Å². The first-order chi connectivity index (χ1) is 14.4. The highest BCUT2D eigenvalue weighted by Crippen LogP contribution is 2.34. The van der Waals surface area contributed by atoms with Gasteiger partial charge in [0.2, 0.25) is 0 Å². The van der Waals surface area contributed by atoms with E-state index in [0.29, 0.717) is 37.9 Å². The zero-order valence-corrected chi connectivity index (χ0v) is 18.1. The Morgan fingerprint density at radius 2 is 2.03 bits per heavy atom. The molecule has 4 rings (SSSR count). The number of benzene rings is 2. The van der Waals surface area contributed by atoms with E-state index in [0.717, 1.165) is 4.47 Å². The first-order valence-corrected chi connectivity index (χ1v) is 10.5. The van der Waals surface area contributed by atoms with Crippen molar-refractivity contribution in [2.75, 3.05) is 0 Å². The Hall–Kier alpha value is -2.88. The molecular weight excluding hydrogens is 494 g/mol. The predicted molar refractivity (Wildman–Crippen MR) is 121 cm³/mol. The van der Waals surface area contributed by atoms with Gasteiger partial charge < -0.3 is 9.73 Å². The summed E-state index contributed by atoms with van der Waals surface area (Å²) in [5, 5.41) is 14.5. The quantitative estimate of drug-likeness (QED) is 0.261. The van der Waals surface area contributed by atoms with Crippen LogP contribution < -0.4 is 5.32 Å². The van der Waals surface area contributed by atoms with Gasteiger partial charge in [0.25, 0.3) is 11.6 Å². The minimum Gasteiger partial charge on any atom is -0.457 e. The summed E-state index contributed by atoms with van der Waals surface area (Å²) in [5.41, 5.74) is 1.01. The SMILES string of the molecule is O=C1NC(=Nc2cccc(Br)c2)SC1=Cc1ccc(-c2cc([N+](=O)[O-])ccc2Cl)o1. The van der Waals surface area contributed by atoms with Crippen LogP contribution in [0.2, 0.25) is 5.02 Å². The van der Waals surface area contributed by atoms with Crippen molar-refractivity contribution in [3.05, 3.63) is 84.9 Å². The van der Waals surface area contributed by atoms with E-state index in [1.165, 1.54) is 30.0 Å². The fourth-order valence-corrected chi connectivity index (χ4v) is 4.08. The number of carbonyl (C=O) groups excluding carboxylic acids is 1. The van der Waals surface area contributed by atoms with Gasteiger partial charge in [-0.05, 0) is 48.2 Å². The lowest BCUT2D eigenvalue weighted by molar-refractivity contribution is -0.384. The highest BCUT2D eigenvalue weighted by Gasteiger charge is 2.24. The Morgan fingerprint density at radius 3 is 2.80 bits per heavy atom. The van der Waals surface area contributed by atoms with Gasteiger partial charge in [-0.1, -0.05) is 33.6 Å². The molecule has 2 aromatic carbocycles. The van der Waals surface area contributed by atoms with E-state index in [1.54, 1.807) is 18.2 Å². The van der Waals surface area contributed by atoms with Gasteiger partial charge in [-0.15, -0.1) is 0 Å². The lowest BCUT2D eigenvalue weighted by Crippen LogP contribution is -2.19. The molecular formula is C20H11BrClN3O4S. The van der Waals surface area contributed by atoms with Crippen LogP contribution in [0.15, 0.2) is 73.4 Å². The summed E-state index contributed by atoms with van der Waals surface area (Å²) in [6.45, 7) is 0. The molecule has 0 saturated carbocycles. The van der Waals surface area contributed by atoms with Crippen LogP contribution >= 0.6 is 39.3 Å². The van der Waals surface area contributed by atoms with Gasteiger partial charge in [0, 0.05) is 28.2 Å². The molecule has 1 fully saturated rings. The number of hydrogen-bond acceptors (Lipinski definition) is 6. The van der Waals surface area contributed by atoms with Crippen LogP contribution in [-0.2, 0) is 4.79 Å². The van der Waals surface area contributed by atoms with Crippen LogP contribution in [0.1, 0.15) is 5.76 Å². The van der Waals surface area contributed by atoms with Crippen LogP contribution in [0.4, 0.5) is 11.4 Å². The maximum Gasteiger partial charge on any atom is 0.270 e. The lowest BCUT2D eigenvalue weighted by Gasteiger charge is -2.00. The van der Waals surface area contributed by atoms with Gasteiger partial charge in [0.05, 0.1) is 20.5 Å². The van der Waals surface area contributed by atoms with Gasteiger partial charge in [0.1, 0.15) is 11.5 Å². The van der Waals surface area contributed by atoms with Crippen LogP contribution in [-0.4, -0.2) is 16.0 Å². The molecule has 10 heteroatoms. The summed E-state index contributed by atoms with van der Waals surface area (Å²) in [6.07, 6.45) is 1.58. The Bertz CT molecular complexity index is 1240. The van der Waals surface area contributed by atoms with Crippen molar-refractivity contribution in [3.8, 4) is 11.3 Å². The average molecular weight is 505 g/mol. The fraction of sp³-hybridized carbons (Fsp3) is 0. The van der Waals surface area contributed by atoms with Crippen molar-refractivity contribution in [2.24, 2.45) is 4.99 Å². The summed E-state index contributed by atoms with van der Waals surface area (Å²) < 4.78 is 6.63. The van der Waals surface area contributed by atoms with E-state index in [4.69, 9.17) is 16.0 Å². The standard InChI is InChI=1S/C20H11BrClN3O4S/c21-11-2-1-3-12(8-11)23-20-24-19(26)18(30-20)10-14-5-7-17(29-14)15-9-13(25(27)28)4-6-16(15)22/h1-10H,(H,23,24,26). The highest BCUT2D eigenvalue weighted by molar-refractivity contribution is 9.10. The minimum atomic E-state index is -0.503. The maximum absolute atomic E-state index is 12.3. The van der Waals surface area contributed by atoms with Gasteiger partial charge in [0.15, 0.2) is 5.17 Å². The second-order valence-corrected chi connectivity index (χ2v) is 8.44. The summed E-state index contributed by atoms with van der Waals surface area (Å²) in [6, 6.07) is 14.8. The third-order valence-electron chi connectivity index (χ3n) is 4.02. The maximum atomic E-state index is 12.3. The summed E-state index contributed by atoms with van der Waals surface area (Å²) in [4.78, 5) is 27.6. The molecule has 1 amide bonds. The first-order valence-electron chi connectivity index (χ1n) is 8.48. The van der Waals surface area contributed by atoms with Crippen molar-refractivity contribution in [3.63, 3.8) is 0 Å². The van der Waals surface area contributed by atoms with Gasteiger partial charge in [-0.3, -0.25) is 14.9 Å². The monoisotopic (exact) mass is 503 g/mol. The summed E-state index contributed by atoms with van der Waals surface area (Å²) >= 11 is 10.7. The first kappa shape index (κ1) is 20.4. The Labute approximate surface area is 188 Å². The van der Waals surface area contributed by atoms with Crippen LogP contribution in [0.5, 0.6) is 0 Å². The number of nitrogens with one attached hydrogen (secondary N) is 1. The molecule has 0 unspecified atom stereocenters. The third kappa shape index (κ3) is 4.48. The lowest BCUT2D eigenvalue weighted by atomic mass is 10.1. The second kappa shape index (κ2) is 8.47. The molecule has 0 bridgehead atoms. The molecule has 30 heavy (non-hydrogen) atoms. The van der Waals surface area contributed by atoms with Crippen LogP contribution in [0, 0.1) is 10.1 Å². The van der Waals surface area contributed by atoms with E-state index >= 15 is 0 Å². The van der Waals surface area contributed by atoms with Crippen LogP contribution in [0.3, 0.4) is 0 Å². The largest absolute Gasteiger partial charge is 0.457 e. The average Bonchev–Trinajstić information content (AvgIpc) is 3.29. The van der Waals surface area contributed by atoms with E-state index in [2.05, 4.69) is 26.2 Å². The number of amides is 1. The third-order valence-corrected chi connectivity index (χ3v) is 5.75. The van der Waals surface area contributed by atoms with E-state index in [9.17, 15) is 14.9 Å². The molecule has 7 nitrogen and oxygen atoms in total. The highest BCUT2D eigenvalue weighted by atomic mass is 79.9. The number of thioether (sulfide) groups is 1. The number of amidine groups is 1. The molecule has 0 atom stereocenters. The predicted octanol–water partition coefficient (Wildman–Crippen LogP) is 6.16. The normalized spacial score (nSPS) is 16.3. The molecule has 1 aliphatic heterocycles. The number of non-ortho nitro benzene ring substituents is 1. The molecule has 2 heterocycles. The van der Waals surface area contributed by atoms with Crippen molar-refractivity contribution in [2.45, 2.75) is 0 Å². The summed E-state index contributed by atoms with van der Waals surface area (Å²) in [7, 11) is 0. The number of aliphatic imine (C=N–C) groups is 1. The number of rotatable bonds is 4. The van der Waals surface area contributed by atoms with Crippen molar-refractivity contribution in [1.29, 1.82) is 0 Å². The molecule has 150 valence electrons. The molecule has 1 saturated heterocycles. The van der Waals surface area contributed by atoms with Gasteiger partial charge in [-0.25, -0.2) is 4.99 Å². The number of nitro benzene ring substituents is 1.